The van der Waals surface area contributed by atoms with Gasteiger partial charge < -0.3 is 10.2 Å². The Bertz CT molecular complexity index is 629. The summed E-state index contributed by atoms with van der Waals surface area (Å²) in [6.45, 7) is 15.5. The SMILES string of the molecule is CC(C)(N=Cc1cc(C(C)(C)C)cc(C(C)(C)C)c1O)C(=O)O. The minimum atomic E-state index is -1.23. The number of hydrogen-bond acceptors (Lipinski definition) is 3. The summed E-state index contributed by atoms with van der Waals surface area (Å²) in [5.74, 6) is -0.841. The van der Waals surface area contributed by atoms with Gasteiger partial charge in [0.1, 0.15) is 5.75 Å². The van der Waals surface area contributed by atoms with Gasteiger partial charge in [0.15, 0.2) is 5.54 Å². The molecule has 1 aromatic carbocycles. The van der Waals surface area contributed by atoms with E-state index in [1.54, 1.807) is 0 Å². The predicted octanol–water partition coefficient (Wildman–Crippen LogP) is 4.27. The molecule has 4 nitrogen and oxygen atoms in total. The molecule has 0 aliphatic carbocycles. The zero-order chi connectivity index (χ0) is 18.2. The number of aliphatic carboxylic acids is 1. The average Bonchev–Trinajstić information content (AvgIpc) is 2.34. The van der Waals surface area contributed by atoms with Gasteiger partial charge in [0.25, 0.3) is 0 Å². The number of carboxylic acids is 1. The first kappa shape index (κ1) is 19.2. The molecular formula is C19H29NO3. The van der Waals surface area contributed by atoms with Crippen LogP contribution in [-0.2, 0) is 15.6 Å². The highest BCUT2D eigenvalue weighted by Gasteiger charge is 2.27. The molecule has 23 heavy (non-hydrogen) atoms. The molecule has 0 heterocycles. The minimum Gasteiger partial charge on any atom is -0.507 e. The molecule has 128 valence electrons. The molecule has 0 unspecified atom stereocenters. The molecule has 0 saturated carbocycles. The second kappa shape index (κ2) is 5.99. The third kappa shape index (κ3) is 4.57. The maximum Gasteiger partial charge on any atom is 0.330 e. The van der Waals surface area contributed by atoms with Crippen molar-refractivity contribution in [3.8, 4) is 5.75 Å². The lowest BCUT2D eigenvalue weighted by Crippen LogP contribution is -2.29. The van der Waals surface area contributed by atoms with Crippen LogP contribution in [0.2, 0.25) is 0 Å². The zero-order valence-electron chi connectivity index (χ0n) is 15.5. The molecule has 1 rings (SSSR count). The van der Waals surface area contributed by atoms with Crippen molar-refractivity contribution in [2.45, 2.75) is 71.8 Å². The maximum atomic E-state index is 11.2. The lowest BCUT2D eigenvalue weighted by Gasteiger charge is -2.27. The Balaban J connectivity index is 3.54. The summed E-state index contributed by atoms with van der Waals surface area (Å²) in [6.07, 6.45) is 1.47. The van der Waals surface area contributed by atoms with Crippen LogP contribution < -0.4 is 0 Å². The summed E-state index contributed by atoms with van der Waals surface area (Å²) < 4.78 is 0. The quantitative estimate of drug-likeness (QED) is 0.817. The fourth-order valence-corrected chi connectivity index (χ4v) is 2.05. The van der Waals surface area contributed by atoms with Gasteiger partial charge in [-0.25, -0.2) is 4.79 Å². The monoisotopic (exact) mass is 319 g/mol. The van der Waals surface area contributed by atoms with Gasteiger partial charge in [-0.2, -0.15) is 0 Å². The number of hydrogen-bond donors (Lipinski definition) is 2. The fourth-order valence-electron chi connectivity index (χ4n) is 2.05. The van der Waals surface area contributed by atoms with Crippen molar-refractivity contribution in [3.63, 3.8) is 0 Å². The van der Waals surface area contributed by atoms with Crippen molar-refractivity contribution in [1.29, 1.82) is 0 Å². The molecule has 0 spiro atoms. The smallest absolute Gasteiger partial charge is 0.330 e. The van der Waals surface area contributed by atoms with Gasteiger partial charge in [0.2, 0.25) is 0 Å². The molecular weight excluding hydrogens is 290 g/mol. The number of nitrogens with zero attached hydrogens (tertiary/aromatic N) is 1. The highest BCUT2D eigenvalue weighted by atomic mass is 16.4. The number of carboxylic acid groups (broad SMARTS) is 1. The van der Waals surface area contributed by atoms with E-state index < -0.39 is 11.5 Å². The molecule has 2 N–H and O–H groups in total. The first-order valence-corrected chi connectivity index (χ1v) is 7.83. The maximum absolute atomic E-state index is 11.2. The van der Waals surface area contributed by atoms with Crippen LogP contribution in [0.3, 0.4) is 0 Å². The molecule has 0 fully saturated rings. The highest BCUT2D eigenvalue weighted by molar-refractivity contribution is 5.88. The van der Waals surface area contributed by atoms with Crippen LogP contribution in [0.4, 0.5) is 0 Å². The first-order chi connectivity index (χ1) is 10.2. The Morgan fingerprint density at radius 1 is 1.00 bits per heavy atom. The second-order valence-corrected chi connectivity index (χ2v) is 8.58. The molecule has 0 atom stereocenters. The van der Waals surface area contributed by atoms with Crippen LogP contribution in [0, 0.1) is 0 Å². The van der Waals surface area contributed by atoms with E-state index in [9.17, 15) is 15.0 Å². The van der Waals surface area contributed by atoms with E-state index in [1.165, 1.54) is 20.1 Å². The standard InChI is InChI=1S/C19H29NO3/c1-17(2,3)13-9-12(11-20-19(7,8)16(22)23)15(21)14(10-13)18(4,5)6/h9-11,21H,1-8H3,(H,22,23). The topological polar surface area (TPSA) is 69.9 Å². The van der Waals surface area contributed by atoms with Crippen molar-refractivity contribution in [3.05, 3.63) is 28.8 Å². The summed E-state index contributed by atoms with van der Waals surface area (Å²) in [7, 11) is 0. The summed E-state index contributed by atoms with van der Waals surface area (Å²) in [4.78, 5) is 15.4. The van der Waals surface area contributed by atoms with Crippen LogP contribution in [0.5, 0.6) is 5.75 Å². The Hall–Kier alpha value is -1.84. The van der Waals surface area contributed by atoms with Crippen LogP contribution in [-0.4, -0.2) is 27.9 Å². The molecule has 0 radical (unpaired) electrons. The van der Waals surface area contributed by atoms with Gasteiger partial charge in [0.05, 0.1) is 0 Å². The lowest BCUT2D eigenvalue weighted by atomic mass is 9.79. The molecule has 0 saturated heterocycles. The number of aliphatic imine (C=N–C) groups is 1. The van der Waals surface area contributed by atoms with Crippen molar-refractivity contribution < 1.29 is 15.0 Å². The Labute approximate surface area is 139 Å². The van der Waals surface area contributed by atoms with Crippen molar-refractivity contribution >= 4 is 12.2 Å². The van der Waals surface area contributed by atoms with Gasteiger partial charge in [-0.1, -0.05) is 47.6 Å². The minimum absolute atomic E-state index is 0.0847. The highest BCUT2D eigenvalue weighted by Crippen LogP contribution is 2.37. The van der Waals surface area contributed by atoms with E-state index in [1.807, 2.05) is 32.9 Å². The van der Waals surface area contributed by atoms with Gasteiger partial charge in [-0.05, 0) is 36.3 Å². The molecule has 4 heteroatoms. The molecule has 1 aromatic rings. The van der Waals surface area contributed by atoms with Crippen molar-refractivity contribution in [1.82, 2.24) is 0 Å². The molecule has 0 bridgehead atoms. The van der Waals surface area contributed by atoms with Gasteiger partial charge in [0, 0.05) is 17.3 Å². The molecule has 0 aliphatic rings. The number of benzene rings is 1. The molecule has 0 amide bonds. The summed E-state index contributed by atoms with van der Waals surface area (Å²) in [5, 5.41) is 19.8. The van der Waals surface area contributed by atoms with Crippen LogP contribution in [0.15, 0.2) is 17.1 Å². The number of phenolic OH excluding ortho intramolecular Hbond substituents is 1. The predicted molar refractivity (Wildman–Crippen MR) is 94.8 cm³/mol. The van der Waals surface area contributed by atoms with E-state index in [0.717, 1.165) is 11.1 Å². The number of rotatable bonds is 3. The largest absolute Gasteiger partial charge is 0.507 e. The lowest BCUT2D eigenvalue weighted by molar-refractivity contribution is -0.141. The Morgan fingerprint density at radius 2 is 1.52 bits per heavy atom. The van der Waals surface area contributed by atoms with Gasteiger partial charge >= 0.3 is 5.97 Å². The van der Waals surface area contributed by atoms with Crippen LogP contribution in [0.1, 0.15) is 72.1 Å². The molecule has 0 aromatic heterocycles. The Kier molecular flexibility index (Phi) is 5.00. The third-order valence-corrected chi connectivity index (χ3v) is 3.86. The van der Waals surface area contributed by atoms with E-state index in [-0.39, 0.29) is 16.6 Å². The van der Waals surface area contributed by atoms with Crippen molar-refractivity contribution in [2.75, 3.05) is 0 Å². The number of phenols is 1. The van der Waals surface area contributed by atoms with E-state index >= 15 is 0 Å². The van der Waals surface area contributed by atoms with Crippen molar-refractivity contribution in [2.24, 2.45) is 4.99 Å². The normalized spacial score (nSPS) is 13.6. The average molecular weight is 319 g/mol. The van der Waals surface area contributed by atoms with E-state index in [4.69, 9.17) is 0 Å². The summed E-state index contributed by atoms with van der Waals surface area (Å²) >= 11 is 0. The van der Waals surface area contributed by atoms with Crippen LogP contribution >= 0.6 is 0 Å². The van der Waals surface area contributed by atoms with Crippen LogP contribution in [0.25, 0.3) is 0 Å². The zero-order valence-corrected chi connectivity index (χ0v) is 15.5. The van der Waals surface area contributed by atoms with Gasteiger partial charge in [-0.15, -0.1) is 0 Å². The third-order valence-electron chi connectivity index (χ3n) is 3.86. The number of aromatic hydroxyl groups is 1. The van der Waals surface area contributed by atoms with E-state index in [0.29, 0.717) is 5.56 Å². The molecule has 0 aliphatic heterocycles. The van der Waals surface area contributed by atoms with E-state index in [2.05, 4.69) is 25.8 Å². The Morgan fingerprint density at radius 3 is 1.91 bits per heavy atom. The summed E-state index contributed by atoms with van der Waals surface area (Å²) in [6, 6.07) is 3.90. The summed E-state index contributed by atoms with van der Waals surface area (Å²) in [5.41, 5.74) is 0.923. The second-order valence-electron chi connectivity index (χ2n) is 8.58. The first-order valence-electron chi connectivity index (χ1n) is 7.83. The van der Waals surface area contributed by atoms with Gasteiger partial charge in [-0.3, -0.25) is 4.99 Å². The fraction of sp³-hybridized carbons (Fsp3) is 0.579. The number of carbonyl (C=O) groups is 1.